The number of carboxylic acid groups (broad SMARTS) is 1. The number of aryl methyl sites for hydroxylation is 1. The number of hydrogen-bond donors (Lipinski definition) is 5. The Bertz CT molecular complexity index is 885. The smallest absolute Gasteiger partial charge is 0.414 e. The van der Waals surface area contributed by atoms with E-state index in [1.807, 2.05) is 6.92 Å². The third-order valence-corrected chi connectivity index (χ3v) is 4.20. The van der Waals surface area contributed by atoms with E-state index in [9.17, 15) is 24.9 Å². The second kappa shape index (κ2) is 7.32. The van der Waals surface area contributed by atoms with Gasteiger partial charge in [-0.05, 0) is 25.1 Å². The van der Waals surface area contributed by atoms with Crippen molar-refractivity contribution in [2.45, 2.75) is 31.6 Å². The minimum atomic E-state index is -1.62. The molecule has 1 aromatic carbocycles. The fraction of sp³-hybridized carbons (Fsp3) is 0.312. The zero-order valence-corrected chi connectivity index (χ0v) is 14.1. The number of anilines is 2. The van der Waals surface area contributed by atoms with Crippen LogP contribution in [0.4, 0.5) is 16.3 Å². The Hall–Kier alpha value is -2.99. The number of aromatic nitrogens is 2. The third-order valence-electron chi connectivity index (χ3n) is 4.20. The lowest BCUT2D eigenvalue weighted by Gasteiger charge is -2.27. The standard InChI is InChI=1S/C16H18N4O7/c1-8-2-4-9(5-3-8)20(16(24)25)14-12(22)11(21)13(27-14)19-7-6-10(18-26)17-15(19)23/h2-7,11-14,21-22,26H,1H3,(H,24,25)(H,17,18,23)/t11-,12+,13-,14-/m1/s1. The number of aliphatic hydroxyl groups excluding tert-OH is 2. The van der Waals surface area contributed by atoms with Gasteiger partial charge in [0, 0.05) is 11.9 Å². The van der Waals surface area contributed by atoms with E-state index >= 15 is 0 Å². The summed E-state index contributed by atoms with van der Waals surface area (Å²) in [5.41, 5.74) is 1.98. The van der Waals surface area contributed by atoms with Gasteiger partial charge in [0.2, 0.25) is 0 Å². The number of rotatable bonds is 4. The summed E-state index contributed by atoms with van der Waals surface area (Å²) >= 11 is 0. The largest absolute Gasteiger partial charge is 0.465 e. The van der Waals surface area contributed by atoms with E-state index in [0.717, 1.165) is 15.0 Å². The van der Waals surface area contributed by atoms with Crippen LogP contribution in [0.25, 0.3) is 0 Å². The Morgan fingerprint density at radius 3 is 2.44 bits per heavy atom. The van der Waals surface area contributed by atoms with Gasteiger partial charge in [0.25, 0.3) is 0 Å². The van der Waals surface area contributed by atoms with Crippen molar-refractivity contribution in [3.8, 4) is 0 Å². The maximum atomic E-state index is 12.1. The molecule has 0 aliphatic carbocycles. The third kappa shape index (κ3) is 3.48. The van der Waals surface area contributed by atoms with Crippen LogP contribution in [0.1, 0.15) is 11.8 Å². The lowest BCUT2D eigenvalue weighted by molar-refractivity contribution is -0.0391. The molecule has 1 fully saturated rings. The number of nitrogens with zero attached hydrogens (tertiary/aromatic N) is 3. The number of amides is 1. The molecule has 0 unspecified atom stereocenters. The second-order valence-electron chi connectivity index (χ2n) is 6.00. The highest BCUT2D eigenvalue weighted by atomic mass is 16.6. The molecular weight excluding hydrogens is 360 g/mol. The summed E-state index contributed by atoms with van der Waals surface area (Å²) in [5.74, 6) is -0.118. The van der Waals surface area contributed by atoms with Crippen molar-refractivity contribution in [1.29, 1.82) is 0 Å². The molecule has 1 aliphatic rings. The first-order valence-corrected chi connectivity index (χ1v) is 7.93. The average Bonchev–Trinajstić information content (AvgIpc) is 2.92. The summed E-state index contributed by atoms with van der Waals surface area (Å²) in [4.78, 5) is 28.1. The van der Waals surface area contributed by atoms with Gasteiger partial charge < -0.3 is 20.1 Å². The quantitative estimate of drug-likeness (QED) is 0.466. The van der Waals surface area contributed by atoms with Crippen LogP contribution in [0.15, 0.2) is 41.3 Å². The van der Waals surface area contributed by atoms with Crippen molar-refractivity contribution in [1.82, 2.24) is 9.55 Å². The first kappa shape index (κ1) is 18.8. The van der Waals surface area contributed by atoms with Gasteiger partial charge in [-0.25, -0.2) is 14.5 Å². The van der Waals surface area contributed by atoms with Crippen LogP contribution >= 0.6 is 0 Å². The van der Waals surface area contributed by atoms with Crippen molar-refractivity contribution in [3.05, 3.63) is 52.6 Å². The molecular formula is C16H18N4O7. The molecule has 4 atom stereocenters. The lowest BCUT2D eigenvalue weighted by atomic mass is 10.1. The van der Waals surface area contributed by atoms with E-state index in [1.54, 1.807) is 17.6 Å². The van der Waals surface area contributed by atoms with Crippen molar-refractivity contribution in [3.63, 3.8) is 0 Å². The number of aliphatic hydroxyl groups is 2. The topological polar surface area (TPSA) is 157 Å². The number of carbonyl (C=O) groups is 1. The van der Waals surface area contributed by atoms with Gasteiger partial charge in [-0.1, -0.05) is 17.7 Å². The van der Waals surface area contributed by atoms with Gasteiger partial charge >= 0.3 is 11.8 Å². The molecule has 5 N–H and O–H groups in total. The molecule has 1 aromatic heterocycles. The number of benzene rings is 1. The summed E-state index contributed by atoms with van der Waals surface area (Å²) in [6.07, 6.45) is -6.24. The Kier molecular flexibility index (Phi) is 5.10. The fourth-order valence-electron chi connectivity index (χ4n) is 2.83. The van der Waals surface area contributed by atoms with Crippen molar-refractivity contribution in [2.75, 3.05) is 10.4 Å². The van der Waals surface area contributed by atoms with Crippen LogP contribution in [0, 0.1) is 6.92 Å². The SMILES string of the molecule is Cc1ccc(N(C(=O)O)[C@@H]2O[C@@H](n3ccc(NO)nc3=O)[C@H](O)[C@@H]2O)cc1. The van der Waals surface area contributed by atoms with Crippen LogP contribution in [0.3, 0.4) is 0 Å². The molecule has 1 saturated heterocycles. The van der Waals surface area contributed by atoms with Gasteiger partial charge in [0.1, 0.15) is 12.2 Å². The Morgan fingerprint density at radius 2 is 1.89 bits per heavy atom. The molecule has 0 bridgehead atoms. The van der Waals surface area contributed by atoms with Crippen molar-refractivity contribution >= 4 is 17.6 Å². The monoisotopic (exact) mass is 378 g/mol. The van der Waals surface area contributed by atoms with Crippen LogP contribution in [-0.4, -0.2) is 54.6 Å². The zero-order chi connectivity index (χ0) is 19.7. The minimum absolute atomic E-state index is 0.118. The second-order valence-corrected chi connectivity index (χ2v) is 6.00. The van der Waals surface area contributed by atoms with E-state index in [0.29, 0.717) is 0 Å². The predicted octanol–water partition coefficient (Wildman–Crippen LogP) is 0.114. The van der Waals surface area contributed by atoms with Gasteiger partial charge in [-0.3, -0.25) is 15.3 Å². The van der Waals surface area contributed by atoms with Crippen molar-refractivity contribution in [2.24, 2.45) is 0 Å². The molecule has 27 heavy (non-hydrogen) atoms. The highest BCUT2D eigenvalue weighted by molar-refractivity contribution is 5.86. The molecule has 2 aromatic rings. The summed E-state index contributed by atoms with van der Waals surface area (Å²) in [7, 11) is 0. The molecule has 1 amide bonds. The normalized spacial score (nSPS) is 24.6. The van der Waals surface area contributed by atoms with E-state index < -0.39 is 36.4 Å². The van der Waals surface area contributed by atoms with E-state index in [4.69, 9.17) is 9.94 Å². The predicted molar refractivity (Wildman–Crippen MR) is 91.5 cm³/mol. The van der Waals surface area contributed by atoms with E-state index in [-0.39, 0.29) is 11.5 Å². The van der Waals surface area contributed by atoms with Crippen LogP contribution in [0.2, 0.25) is 0 Å². The van der Waals surface area contributed by atoms with E-state index in [2.05, 4.69) is 4.98 Å². The molecule has 11 nitrogen and oxygen atoms in total. The number of hydrogen-bond acceptors (Lipinski definition) is 8. The summed E-state index contributed by atoms with van der Waals surface area (Å²) in [5, 5.41) is 39.0. The van der Waals surface area contributed by atoms with Gasteiger partial charge in [0.15, 0.2) is 18.3 Å². The maximum absolute atomic E-state index is 12.1. The maximum Gasteiger partial charge on any atom is 0.414 e. The molecule has 2 heterocycles. The Balaban J connectivity index is 1.94. The molecule has 0 saturated carbocycles. The lowest BCUT2D eigenvalue weighted by Crippen LogP contribution is -2.47. The van der Waals surface area contributed by atoms with Gasteiger partial charge in [-0.15, -0.1) is 0 Å². The Labute approximate surface area is 152 Å². The summed E-state index contributed by atoms with van der Waals surface area (Å²) in [6, 6.07) is 7.70. The summed E-state index contributed by atoms with van der Waals surface area (Å²) in [6.45, 7) is 1.83. The first-order valence-electron chi connectivity index (χ1n) is 7.93. The molecule has 0 spiro atoms. The van der Waals surface area contributed by atoms with Crippen LogP contribution in [0.5, 0.6) is 0 Å². The highest BCUT2D eigenvalue weighted by Gasteiger charge is 2.48. The fourth-order valence-corrected chi connectivity index (χ4v) is 2.83. The zero-order valence-electron chi connectivity index (χ0n) is 14.1. The molecule has 1 aliphatic heterocycles. The highest BCUT2D eigenvalue weighted by Crippen LogP contribution is 2.33. The number of nitrogens with one attached hydrogen (secondary N) is 1. The van der Waals surface area contributed by atoms with Crippen LogP contribution in [-0.2, 0) is 4.74 Å². The molecule has 144 valence electrons. The molecule has 0 radical (unpaired) electrons. The first-order chi connectivity index (χ1) is 12.8. The average molecular weight is 378 g/mol. The minimum Gasteiger partial charge on any atom is -0.465 e. The Morgan fingerprint density at radius 1 is 1.22 bits per heavy atom. The molecule has 3 rings (SSSR count). The summed E-state index contributed by atoms with van der Waals surface area (Å²) < 4.78 is 6.41. The van der Waals surface area contributed by atoms with Crippen LogP contribution < -0.4 is 16.1 Å². The van der Waals surface area contributed by atoms with Gasteiger partial charge in [0.05, 0.1) is 0 Å². The van der Waals surface area contributed by atoms with Gasteiger partial charge in [-0.2, -0.15) is 4.98 Å². The number of ether oxygens (including phenoxy) is 1. The van der Waals surface area contributed by atoms with E-state index in [1.165, 1.54) is 24.4 Å². The molecule has 11 heteroatoms. The van der Waals surface area contributed by atoms with Crippen molar-refractivity contribution < 1.29 is 30.1 Å².